The third kappa shape index (κ3) is 2.40. The minimum Gasteiger partial charge on any atom is -0.466 e. The summed E-state index contributed by atoms with van der Waals surface area (Å²) in [5.74, 6) is 2.22. The molecule has 0 saturated carbocycles. The van der Waals surface area contributed by atoms with Crippen molar-refractivity contribution in [3.8, 4) is 0 Å². The smallest absolute Gasteiger partial charge is 0.104 e. The molecule has 1 aromatic rings. The predicted octanol–water partition coefficient (Wildman–Crippen LogP) is 3.63. The average molecular weight is 166 g/mol. The molecule has 12 heavy (non-hydrogen) atoms. The highest BCUT2D eigenvalue weighted by Crippen LogP contribution is 2.15. The third-order valence-corrected chi connectivity index (χ3v) is 2.24. The first kappa shape index (κ1) is 9.37. The normalized spacial score (nSPS) is 10.6. The maximum Gasteiger partial charge on any atom is 0.104 e. The summed E-state index contributed by atoms with van der Waals surface area (Å²) in [6, 6.07) is 2.16. The van der Waals surface area contributed by atoms with E-state index in [9.17, 15) is 0 Å². The zero-order valence-corrected chi connectivity index (χ0v) is 8.31. The second-order valence-electron chi connectivity index (χ2n) is 3.41. The molecule has 1 heteroatoms. The molecular weight excluding hydrogens is 148 g/mol. The first-order valence-electron chi connectivity index (χ1n) is 4.80. The lowest BCUT2D eigenvalue weighted by Gasteiger charge is -1.94. The van der Waals surface area contributed by atoms with Gasteiger partial charge < -0.3 is 4.42 Å². The van der Waals surface area contributed by atoms with Gasteiger partial charge in [0.2, 0.25) is 0 Å². The average Bonchev–Trinajstić information content (AvgIpc) is 2.32. The topological polar surface area (TPSA) is 13.1 Å². The molecule has 0 unspecified atom stereocenters. The Morgan fingerprint density at radius 3 is 2.50 bits per heavy atom. The molecule has 0 fully saturated rings. The minimum atomic E-state index is 1.07. The van der Waals surface area contributed by atoms with Gasteiger partial charge in [-0.2, -0.15) is 0 Å². The standard InChI is InChI=1S/C11H18O/c1-4-5-6-7-11-8-9(2)10(3)12-11/h8H,4-7H2,1-3H3. The molecule has 1 aromatic heterocycles. The molecule has 1 rings (SSSR count). The van der Waals surface area contributed by atoms with Gasteiger partial charge in [-0.15, -0.1) is 0 Å². The summed E-state index contributed by atoms with van der Waals surface area (Å²) in [7, 11) is 0. The molecule has 0 aliphatic heterocycles. The highest BCUT2D eigenvalue weighted by atomic mass is 16.3. The van der Waals surface area contributed by atoms with Crippen molar-refractivity contribution in [1.82, 2.24) is 0 Å². The monoisotopic (exact) mass is 166 g/mol. The van der Waals surface area contributed by atoms with Crippen LogP contribution in [0.3, 0.4) is 0 Å². The summed E-state index contributed by atoms with van der Waals surface area (Å²) in [4.78, 5) is 0. The molecule has 0 radical (unpaired) electrons. The number of unbranched alkanes of at least 4 members (excludes halogenated alkanes) is 2. The molecule has 1 nitrogen and oxygen atoms in total. The van der Waals surface area contributed by atoms with Crippen LogP contribution in [0.15, 0.2) is 10.5 Å². The number of aryl methyl sites for hydroxylation is 3. The van der Waals surface area contributed by atoms with E-state index in [2.05, 4.69) is 19.9 Å². The van der Waals surface area contributed by atoms with Crippen LogP contribution in [0.1, 0.15) is 43.3 Å². The van der Waals surface area contributed by atoms with Crippen LogP contribution in [0, 0.1) is 13.8 Å². The van der Waals surface area contributed by atoms with Gasteiger partial charge in [0.15, 0.2) is 0 Å². The maximum atomic E-state index is 5.56. The molecule has 0 saturated heterocycles. The summed E-state index contributed by atoms with van der Waals surface area (Å²) in [5, 5.41) is 0. The molecule has 1 heterocycles. The van der Waals surface area contributed by atoms with Gasteiger partial charge >= 0.3 is 0 Å². The van der Waals surface area contributed by atoms with Gasteiger partial charge in [-0.25, -0.2) is 0 Å². The summed E-state index contributed by atoms with van der Waals surface area (Å²) >= 11 is 0. The van der Waals surface area contributed by atoms with Crippen molar-refractivity contribution in [2.45, 2.75) is 46.5 Å². The van der Waals surface area contributed by atoms with Crippen molar-refractivity contribution in [2.75, 3.05) is 0 Å². The molecule has 0 aliphatic carbocycles. The largest absolute Gasteiger partial charge is 0.466 e. The zero-order valence-electron chi connectivity index (χ0n) is 8.31. The Balaban J connectivity index is 2.42. The van der Waals surface area contributed by atoms with Crippen molar-refractivity contribution in [2.24, 2.45) is 0 Å². The molecule has 0 aliphatic rings. The van der Waals surface area contributed by atoms with Crippen LogP contribution in [-0.4, -0.2) is 0 Å². The van der Waals surface area contributed by atoms with Gasteiger partial charge in [-0.05, 0) is 31.9 Å². The second kappa shape index (κ2) is 4.34. The Morgan fingerprint density at radius 2 is 2.00 bits per heavy atom. The molecular formula is C11H18O. The van der Waals surface area contributed by atoms with E-state index in [1.165, 1.54) is 24.8 Å². The van der Waals surface area contributed by atoms with Gasteiger partial charge in [0.25, 0.3) is 0 Å². The minimum absolute atomic E-state index is 1.07. The van der Waals surface area contributed by atoms with Gasteiger partial charge in [0, 0.05) is 6.42 Å². The van der Waals surface area contributed by atoms with Crippen LogP contribution in [0.2, 0.25) is 0 Å². The summed E-state index contributed by atoms with van der Waals surface area (Å²) < 4.78 is 5.56. The molecule has 0 atom stereocenters. The molecule has 0 amide bonds. The molecule has 0 spiro atoms. The van der Waals surface area contributed by atoms with E-state index in [-0.39, 0.29) is 0 Å². The van der Waals surface area contributed by atoms with Crippen LogP contribution in [0.5, 0.6) is 0 Å². The summed E-state index contributed by atoms with van der Waals surface area (Å²) in [5.41, 5.74) is 1.28. The molecule has 68 valence electrons. The first-order chi connectivity index (χ1) is 5.74. The lowest BCUT2D eigenvalue weighted by Crippen LogP contribution is -1.80. The molecule has 0 aromatic carbocycles. The SMILES string of the molecule is CCCCCc1cc(C)c(C)o1. The predicted molar refractivity (Wildman–Crippen MR) is 51.4 cm³/mol. The number of hydrogen-bond acceptors (Lipinski definition) is 1. The Hall–Kier alpha value is -0.720. The Kier molecular flexibility index (Phi) is 3.39. The summed E-state index contributed by atoms with van der Waals surface area (Å²) in [6.07, 6.45) is 4.93. The van der Waals surface area contributed by atoms with Gasteiger partial charge in [0.1, 0.15) is 11.5 Å². The van der Waals surface area contributed by atoms with Crippen molar-refractivity contribution in [3.63, 3.8) is 0 Å². The van der Waals surface area contributed by atoms with Crippen molar-refractivity contribution >= 4 is 0 Å². The van der Waals surface area contributed by atoms with Crippen LogP contribution >= 0.6 is 0 Å². The fourth-order valence-electron chi connectivity index (χ4n) is 1.32. The lowest BCUT2D eigenvalue weighted by atomic mass is 10.1. The fourth-order valence-corrected chi connectivity index (χ4v) is 1.32. The second-order valence-corrected chi connectivity index (χ2v) is 3.41. The zero-order chi connectivity index (χ0) is 8.97. The lowest BCUT2D eigenvalue weighted by molar-refractivity contribution is 0.472. The van der Waals surface area contributed by atoms with Crippen LogP contribution in [0.4, 0.5) is 0 Å². The number of hydrogen-bond donors (Lipinski definition) is 0. The van der Waals surface area contributed by atoms with Gasteiger partial charge in [-0.1, -0.05) is 19.8 Å². The first-order valence-corrected chi connectivity index (χ1v) is 4.80. The van der Waals surface area contributed by atoms with E-state index in [0.29, 0.717) is 0 Å². The van der Waals surface area contributed by atoms with Gasteiger partial charge in [-0.3, -0.25) is 0 Å². The van der Waals surface area contributed by atoms with E-state index in [4.69, 9.17) is 4.42 Å². The Labute approximate surface area is 74.8 Å². The van der Waals surface area contributed by atoms with E-state index in [1.807, 2.05) is 6.92 Å². The molecule has 0 bridgehead atoms. The number of rotatable bonds is 4. The number of furan rings is 1. The maximum absolute atomic E-state index is 5.56. The third-order valence-electron chi connectivity index (χ3n) is 2.24. The summed E-state index contributed by atoms with van der Waals surface area (Å²) in [6.45, 7) is 6.35. The van der Waals surface area contributed by atoms with Crippen LogP contribution in [-0.2, 0) is 6.42 Å². The highest BCUT2D eigenvalue weighted by Gasteiger charge is 2.01. The van der Waals surface area contributed by atoms with Crippen LogP contribution in [0.25, 0.3) is 0 Å². The Morgan fingerprint density at radius 1 is 1.25 bits per heavy atom. The van der Waals surface area contributed by atoms with Crippen molar-refractivity contribution < 1.29 is 4.42 Å². The van der Waals surface area contributed by atoms with Crippen molar-refractivity contribution in [1.29, 1.82) is 0 Å². The highest BCUT2D eigenvalue weighted by molar-refractivity contribution is 5.18. The fraction of sp³-hybridized carbons (Fsp3) is 0.636. The van der Waals surface area contributed by atoms with Gasteiger partial charge in [0.05, 0.1) is 0 Å². The van der Waals surface area contributed by atoms with Crippen LogP contribution < -0.4 is 0 Å². The van der Waals surface area contributed by atoms with E-state index in [1.54, 1.807) is 0 Å². The molecule has 0 N–H and O–H groups in total. The van der Waals surface area contributed by atoms with Crippen molar-refractivity contribution in [3.05, 3.63) is 23.2 Å². The van der Waals surface area contributed by atoms with E-state index in [0.717, 1.165) is 17.9 Å². The Bertz CT molecular complexity index is 216. The van der Waals surface area contributed by atoms with E-state index >= 15 is 0 Å². The quantitative estimate of drug-likeness (QED) is 0.622. The van der Waals surface area contributed by atoms with E-state index < -0.39 is 0 Å².